The lowest BCUT2D eigenvalue weighted by Gasteiger charge is -2.06. The second kappa shape index (κ2) is 4.96. The highest BCUT2D eigenvalue weighted by Gasteiger charge is 2.22. The van der Waals surface area contributed by atoms with Gasteiger partial charge in [0.25, 0.3) is 0 Å². The summed E-state index contributed by atoms with van der Waals surface area (Å²) in [5.74, 6) is -1.12. The number of carboxylic acid groups (broad SMARTS) is 1. The van der Waals surface area contributed by atoms with Gasteiger partial charge in [-0.2, -0.15) is 10.1 Å². The van der Waals surface area contributed by atoms with E-state index in [1.165, 1.54) is 16.4 Å². The van der Waals surface area contributed by atoms with Crippen molar-refractivity contribution in [2.24, 2.45) is 14.1 Å². The minimum atomic E-state index is -1.12. The van der Waals surface area contributed by atoms with Gasteiger partial charge in [0.05, 0.1) is 5.69 Å². The summed E-state index contributed by atoms with van der Waals surface area (Å²) in [6.45, 7) is 1.58. The van der Waals surface area contributed by atoms with E-state index in [4.69, 9.17) is 0 Å². The summed E-state index contributed by atoms with van der Waals surface area (Å²) in [6.07, 6.45) is 0. The quantitative estimate of drug-likeness (QED) is 0.722. The van der Waals surface area contributed by atoms with Gasteiger partial charge in [0.2, 0.25) is 0 Å². The summed E-state index contributed by atoms with van der Waals surface area (Å²) >= 11 is 0.941. The molecule has 2 rings (SSSR count). The first kappa shape index (κ1) is 14.1. The molecule has 2 N–H and O–H groups in total. The number of nitrogens with one attached hydrogen (secondary N) is 1. The van der Waals surface area contributed by atoms with Gasteiger partial charge in [-0.25, -0.2) is 4.79 Å². The molecule has 0 atom stereocenters. The standard InChI is InChI=1S/C10H11N5O4S/c1-4-5(9(18)19)8(14(2)12-4)20-10-11-6(16)7(17)13-15(10)3/h1-3H3,(H,13,17)(H,18,19). The molecule has 10 heteroatoms. The molecule has 0 aromatic carbocycles. The van der Waals surface area contributed by atoms with Crippen LogP contribution in [0, 0.1) is 6.92 Å². The van der Waals surface area contributed by atoms with Crippen LogP contribution in [0.1, 0.15) is 16.1 Å². The zero-order chi connectivity index (χ0) is 15.0. The van der Waals surface area contributed by atoms with Crippen LogP contribution < -0.4 is 11.1 Å². The minimum Gasteiger partial charge on any atom is -0.478 e. The third-order valence-corrected chi connectivity index (χ3v) is 3.73. The summed E-state index contributed by atoms with van der Waals surface area (Å²) in [6, 6.07) is 0. The Labute approximate surface area is 116 Å². The van der Waals surface area contributed by atoms with Crippen LogP contribution in [0.15, 0.2) is 19.8 Å². The number of rotatable bonds is 3. The molecule has 0 saturated heterocycles. The Bertz CT molecular complexity index is 803. The number of hydrogen-bond donors (Lipinski definition) is 2. The Hall–Kier alpha value is -2.36. The van der Waals surface area contributed by atoms with Crippen LogP contribution in [-0.4, -0.2) is 35.6 Å². The lowest BCUT2D eigenvalue weighted by molar-refractivity contribution is 0.0692. The van der Waals surface area contributed by atoms with E-state index in [2.05, 4.69) is 15.2 Å². The number of H-pyrrole nitrogens is 1. The Balaban J connectivity index is 2.56. The van der Waals surface area contributed by atoms with Crippen LogP contribution in [-0.2, 0) is 14.1 Å². The fraction of sp³-hybridized carbons (Fsp3) is 0.300. The van der Waals surface area contributed by atoms with Crippen LogP contribution in [0.3, 0.4) is 0 Å². The lowest BCUT2D eigenvalue weighted by atomic mass is 10.3. The van der Waals surface area contributed by atoms with E-state index >= 15 is 0 Å². The normalized spacial score (nSPS) is 10.8. The van der Waals surface area contributed by atoms with Crippen LogP contribution in [0.25, 0.3) is 0 Å². The third-order valence-electron chi connectivity index (χ3n) is 2.52. The molecular formula is C10H11N5O4S. The van der Waals surface area contributed by atoms with Crippen molar-refractivity contribution in [2.75, 3.05) is 0 Å². The van der Waals surface area contributed by atoms with Gasteiger partial charge in [-0.3, -0.25) is 24.1 Å². The van der Waals surface area contributed by atoms with E-state index in [9.17, 15) is 19.5 Å². The smallest absolute Gasteiger partial charge is 0.340 e. The number of carbonyl (C=O) groups is 1. The molecule has 0 fully saturated rings. The van der Waals surface area contributed by atoms with Gasteiger partial charge < -0.3 is 5.11 Å². The van der Waals surface area contributed by atoms with Gasteiger partial charge in [-0.05, 0) is 18.7 Å². The molecule has 0 aliphatic heterocycles. The first-order chi connectivity index (χ1) is 9.31. The molecule has 0 spiro atoms. The molecule has 0 bridgehead atoms. The molecule has 0 amide bonds. The molecule has 0 radical (unpaired) electrons. The Morgan fingerprint density at radius 3 is 2.60 bits per heavy atom. The molecule has 9 nitrogen and oxygen atoms in total. The van der Waals surface area contributed by atoms with Gasteiger partial charge in [0, 0.05) is 14.1 Å². The Morgan fingerprint density at radius 2 is 2.00 bits per heavy atom. The average Bonchev–Trinajstić information content (AvgIpc) is 2.61. The van der Waals surface area contributed by atoms with Crippen LogP contribution in [0.4, 0.5) is 0 Å². The highest BCUT2D eigenvalue weighted by molar-refractivity contribution is 7.99. The van der Waals surface area contributed by atoms with Gasteiger partial charge >= 0.3 is 17.1 Å². The summed E-state index contributed by atoms with van der Waals surface area (Å²) in [5, 5.41) is 16.0. The van der Waals surface area contributed by atoms with E-state index in [0.717, 1.165) is 11.8 Å². The fourth-order valence-corrected chi connectivity index (χ4v) is 2.63. The molecule has 0 unspecified atom stereocenters. The maximum absolute atomic E-state index is 11.3. The first-order valence-electron chi connectivity index (χ1n) is 5.43. The van der Waals surface area contributed by atoms with Gasteiger partial charge in [-0.1, -0.05) is 0 Å². The number of aryl methyl sites for hydroxylation is 3. The summed E-state index contributed by atoms with van der Waals surface area (Å²) < 4.78 is 2.64. The maximum Gasteiger partial charge on any atom is 0.340 e. The van der Waals surface area contributed by atoms with Crippen molar-refractivity contribution in [1.82, 2.24) is 24.5 Å². The maximum atomic E-state index is 11.3. The molecule has 0 saturated carbocycles. The van der Waals surface area contributed by atoms with Crippen molar-refractivity contribution in [3.05, 3.63) is 32.0 Å². The average molecular weight is 297 g/mol. The second-order valence-corrected chi connectivity index (χ2v) is 4.95. The van der Waals surface area contributed by atoms with Crippen molar-refractivity contribution >= 4 is 17.7 Å². The van der Waals surface area contributed by atoms with Crippen molar-refractivity contribution < 1.29 is 9.90 Å². The van der Waals surface area contributed by atoms with Gasteiger partial charge in [-0.15, -0.1) is 0 Å². The predicted molar refractivity (Wildman–Crippen MR) is 69.1 cm³/mol. The van der Waals surface area contributed by atoms with Gasteiger partial charge in [0.1, 0.15) is 10.6 Å². The molecule has 0 aliphatic rings. The fourth-order valence-electron chi connectivity index (χ4n) is 1.64. The molecule has 2 aromatic rings. The Morgan fingerprint density at radius 1 is 1.35 bits per heavy atom. The monoisotopic (exact) mass is 297 g/mol. The molecular weight excluding hydrogens is 286 g/mol. The first-order valence-corrected chi connectivity index (χ1v) is 6.25. The predicted octanol–water partition coefficient (Wildman–Crippen LogP) is -0.640. The molecule has 0 aliphatic carbocycles. The van der Waals surface area contributed by atoms with Crippen molar-refractivity contribution in [3.8, 4) is 0 Å². The van der Waals surface area contributed by atoms with Crippen LogP contribution >= 0.6 is 11.8 Å². The second-order valence-electron chi connectivity index (χ2n) is 4.00. The van der Waals surface area contributed by atoms with E-state index in [-0.39, 0.29) is 10.7 Å². The van der Waals surface area contributed by atoms with Crippen molar-refractivity contribution in [1.29, 1.82) is 0 Å². The van der Waals surface area contributed by atoms with E-state index in [1.54, 1.807) is 14.0 Å². The van der Waals surface area contributed by atoms with Crippen LogP contribution in [0.2, 0.25) is 0 Å². The van der Waals surface area contributed by atoms with Crippen LogP contribution in [0.5, 0.6) is 0 Å². The van der Waals surface area contributed by atoms with Crippen molar-refractivity contribution in [2.45, 2.75) is 17.1 Å². The highest BCUT2D eigenvalue weighted by atomic mass is 32.2. The SMILES string of the molecule is Cc1nn(C)c(Sc2nc(=O)c(=O)[nH]n2C)c1C(=O)O. The zero-order valence-corrected chi connectivity index (χ0v) is 11.7. The summed E-state index contributed by atoms with van der Waals surface area (Å²) in [5.41, 5.74) is -1.37. The number of aromatic nitrogens is 5. The molecule has 20 heavy (non-hydrogen) atoms. The number of aromatic amines is 1. The highest BCUT2D eigenvalue weighted by Crippen LogP contribution is 2.29. The Kier molecular flexibility index (Phi) is 3.49. The minimum absolute atomic E-state index is 0.0398. The third kappa shape index (κ3) is 2.37. The number of aromatic carboxylic acids is 1. The number of hydrogen-bond acceptors (Lipinski definition) is 6. The lowest BCUT2D eigenvalue weighted by Crippen LogP contribution is -2.33. The van der Waals surface area contributed by atoms with E-state index in [1.807, 2.05) is 0 Å². The summed E-state index contributed by atoms with van der Waals surface area (Å²) in [7, 11) is 3.09. The molecule has 2 aromatic heterocycles. The number of nitrogens with zero attached hydrogens (tertiary/aromatic N) is 4. The molecule has 2 heterocycles. The summed E-state index contributed by atoms with van der Waals surface area (Å²) in [4.78, 5) is 37.2. The van der Waals surface area contributed by atoms with Gasteiger partial charge in [0.15, 0.2) is 5.16 Å². The zero-order valence-electron chi connectivity index (χ0n) is 10.9. The number of carboxylic acids is 1. The van der Waals surface area contributed by atoms with E-state index in [0.29, 0.717) is 10.7 Å². The van der Waals surface area contributed by atoms with E-state index < -0.39 is 17.1 Å². The van der Waals surface area contributed by atoms with Crippen molar-refractivity contribution in [3.63, 3.8) is 0 Å². The topological polar surface area (TPSA) is 123 Å². The molecule has 106 valence electrons. The largest absolute Gasteiger partial charge is 0.478 e.